The van der Waals surface area contributed by atoms with Crippen molar-refractivity contribution in [2.45, 2.75) is 59.0 Å². The van der Waals surface area contributed by atoms with E-state index >= 15 is 0 Å². The van der Waals surface area contributed by atoms with E-state index in [4.69, 9.17) is 16.3 Å². The summed E-state index contributed by atoms with van der Waals surface area (Å²) in [5, 5.41) is 11.1. The third kappa shape index (κ3) is 3.50. The average molecular weight is 378 g/mol. The van der Waals surface area contributed by atoms with E-state index < -0.39 is 10.9 Å². The lowest BCUT2D eigenvalue weighted by Gasteiger charge is -2.50. The number of hydrogen-bond donors (Lipinski definition) is 0. The number of esters is 1. The van der Waals surface area contributed by atoms with Crippen molar-refractivity contribution in [2.75, 3.05) is 0 Å². The fraction of sp³-hybridized carbons (Fsp3) is 0.550. The van der Waals surface area contributed by atoms with Gasteiger partial charge in [-0.3, -0.25) is 10.1 Å². The summed E-state index contributed by atoms with van der Waals surface area (Å²) >= 11 is 5.84. The van der Waals surface area contributed by atoms with E-state index in [9.17, 15) is 14.9 Å². The van der Waals surface area contributed by atoms with Gasteiger partial charge in [-0.25, -0.2) is 4.79 Å². The molecule has 2 aliphatic rings. The molecule has 3 rings (SSSR count). The number of ether oxygens (including phenoxy) is 1. The van der Waals surface area contributed by atoms with Crippen LogP contribution in [0.2, 0.25) is 5.02 Å². The molecule has 5 nitrogen and oxygen atoms in total. The molecule has 0 bridgehead atoms. The van der Waals surface area contributed by atoms with E-state index in [-0.39, 0.29) is 33.2 Å². The van der Waals surface area contributed by atoms with E-state index in [1.807, 2.05) is 0 Å². The SMILES string of the molecule is CC1(C)CC2=CCCCC2(C)C(OC(=O)c2ccc(Cl)c([N+](=O)[O-])c2)C1. The van der Waals surface area contributed by atoms with Crippen molar-refractivity contribution in [3.8, 4) is 0 Å². The molecule has 6 heteroatoms. The zero-order chi connectivity index (χ0) is 19.1. The molecule has 2 atom stereocenters. The Morgan fingerprint density at radius 1 is 1.35 bits per heavy atom. The van der Waals surface area contributed by atoms with E-state index in [0.717, 1.165) is 32.1 Å². The number of nitro benzene ring substituents is 1. The van der Waals surface area contributed by atoms with Gasteiger partial charge in [-0.1, -0.05) is 44.0 Å². The van der Waals surface area contributed by atoms with Gasteiger partial charge >= 0.3 is 5.97 Å². The first-order valence-electron chi connectivity index (χ1n) is 8.97. The molecule has 2 aliphatic carbocycles. The number of hydrogen-bond acceptors (Lipinski definition) is 4. The van der Waals surface area contributed by atoms with Crippen LogP contribution in [0, 0.1) is 20.9 Å². The first kappa shape index (κ1) is 18.9. The van der Waals surface area contributed by atoms with Gasteiger partial charge in [0.15, 0.2) is 0 Å². The van der Waals surface area contributed by atoms with Crippen molar-refractivity contribution in [3.63, 3.8) is 0 Å². The number of benzene rings is 1. The molecule has 1 aromatic carbocycles. The number of carbonyl (C=O) groups excluding carboxylic acids is 1. The maximum Gasteiger partial charge on any atom is 0.338 e. The Labute approximate surface area is 158 Å². The fourth-order valence-electron chi connectivity index (χ4n) is 4.24. The molecule has 0 aliphatic heterocycles. The van der Waals surface area contributed by atoms with Crippen molar-refractivity contribution < 1.29 is 14.5 Å². The molecular formula is C20H24ClNO4. The smallest absolute Gasteiger partial charge is 0.338 e. The molecule has 1 aromatic rings. The number of nitro groups is 1. The number of carbonyl (C=O) groups is 1. The lowest BCUT2D eigenvalue weighted by atomic mass is 9.58. The van der Waals surface area contributed by atoms with E-state index in [0.29, 0.717) is 0 Å². The number of halogens is 1. The summed E-state index contributed by atoms with van der Waals surface area (Å²) in [6.45, 7) is 6.56. The van der Waals surface area contributed by atoms with Gasteiger partial charge in [0, 0.05) is 11.5 Å². The monoisotopic (exact) mass is 377 g/mol. The van der Waals surface area contributed by atoms with Gasteiger partial charge in [0.25, 0.3) is 5.69 Å². The van der Waals surface area contributed by atoms with Gasteiger partial charge in [-0.05, 0) is 49.7 Å². The molecule has 0 N–H and O–H groups in total. The van der Waals surface area contributed by atoms with Gasteiger partial charge in [0.2, 0.25) is 0 Å². The summed E-state index contributed by atoms with van der Waals surface area (Å²) < 4.78 is 5.91. The van der Waals surface area contributed by atoms with Gasteiger partial charge in [-0.15, -0.1) is 0 Å². The highest BCUT2D eigenvalue weighted by Gasteiger charge is 2.48. The molecule has 0 saturated heterocycles. The predicted molar refractivity (Wildman–Crippen MR) is 100 cm³/mol. The molecule has 0 spiro atoms. The predicted octanol–water partition coefficient (Wildman–Crippen LogP) is 5.71. The van der Waals surface area contributed by atoms with Crippen LogP contribution in [0.3, 0.4) is 0 Å². The van der Waals surface area contributed by atoms with Crippen molar-refractivity contribution >= 4 is 23.3 Å². The summed E-state index contributed by atoms with van der Waals surface area (Å²) in [7, 11) is 0. The Morgan fingerprint density at radius 3 is 2.77 bits per heavy atom. The lowest BCUT2D eigenvalue weighted by molar-refractivity contribution is -0.384. The fourth-order valence-corrected chi connectivity index (χ4v) is 4.43. The minimum absolute atomic E-state index is 0.00908. The first-order valence-corrected chi connectivity index (χ1v) is 9.35. The Hall–Kier alpha value is -1.88. The van der Waals surface area contributed by atoms with Crippen LogP contribution < -0.4 is 0 Å². The standard InChI is InChI=1S/C20H24ClNO4/c1-19(2)11-14-6-4-5-9-20(14,3)17(12-19)26-18(23)13-7-8-15(21)16(10-13)22(24)25/h6-8,10,17H,4-5,9,11-12H2,1-3H3. The lowest BCUT2D eigenvalue weighted by Crippen LogP contribution is -2.46. The van der Waals surface area contributed by atoms with Crippen molar-refractivity contribution in [3.05, 3.63) is 50.5 Å². The minimum atomic E-state index is -0.591. The van der Waals surface area contributed by atoms with Gasteiger partial charge in [0.1, 0.15) is 11.1 Å². The number of fused-ring (bicyclic) bond motifs is 1. The summed E-state index contributed by atoms with van der Waals surface area (Å²) in [4.78, 5) is 23.2. The summed E-state index contributed by atoms with van der Waals surface area (Å²) in [5.41, 5.74) is 1.16. The van der Waals surface area contributed by atoms with Crippen LogP contribution in [0.5, 0.6) is 0 Å². The third-order valence-electron chi connectivity index (χ3n) is 5.77. The Kier molecular flexibility index (Phi) is 4.86. The second-order valence-corrected chi connectivity index (χ2v) is 8.81. The van der Waals surface area contributed by atoms with Crippen LogP contribution in [0.4, 0.5) is 5.69 Å². The topological polar surface area (TPSA) is 69.4 Å². The Morgan fingerprint density at radius 2 is 2.08 bits per heavy atom. The summed E-state index contributed by atoms with van der Waals surface area (Å²) in [5.74, 6) is -0.529. The van der Waals surface area contributed by atoms with E-state index in [2.05, 4.69) is 26.8 Å². The third-order valence-corrected chi connectivity index (χ3v) is 6.09. The van der Waals surface area contributed by atoms with E-state index in [1.54, 1.807) is 0 Å². The van der Waals surface area contributed by atoms with Crippen molar-refractivity contribution in [2.24, 2.45) is 10.8 Å². The summed E-state index contributed by atoms with van der Waals surface area (Å²) in [6.07, 6.45) is 7.02. The highest BCUT2D eigenvalue weighted by Crippen LogP contribution is 2.54. The Balaban J connectivity index is 1.88. The zero-order valence-electron chi connectivity index (χ0n) is 15.4. The first-order chi connectivity index (χ1) is 12.1. The highest BCUT2D eigenvalue weighted by atomic mass is 35.5. The highest BCUT2D eigenvalue weighted by molar-refractivity contribution is 6.32. The number of rotatable bonds is 3. The molecular weight excluding hydrogens is 354 g/mol. The Bertz CT molecular complexity index is 786. The van der Waals surface area contributed by atoms with Gasteiger partial charge in [0.05, 0.1) is 10.5 Å². The molecule has 140 valence electrons. The molecule has 26 heavy (non-hydrogen) atoms. The molecule has 0 amide bonds. The zero-order valence-corrected chi connectivity index (χ0v) is 16.1. The van der Waals surface area contributed by atoms with Crippen molar-refractivity contribution in [1.29, 1.82) is 0 Å². The minimum Gasteiger partial charge on any atom is -0.458 e. The molecule has 0 radical (unpaired) electrons. The average Bonchev–Trinajstić information content (AvgIpc) is 2.55. The van der Waals surface area contributed by atoms with Crippen LogP contribution in [0.1, 0.15) is 63.2 Å². The maximum atomic E-state index is 12.7. The van der Waals surface area contributed by atoms with Gasteiger partial charge in [-0.2, -0.15) is 0 Å². The van der Waals surface area contributed by atoms with Crippen LogP contribution in [0.25, 0.3) is 0 Å². The molecule has 2 unspecified atom stereocenters. The van der Waals surface area contributed by atoms with E-state index in [1.165, 1.54) is 23.8 Å². The largest absolute Gasteiger partial charge is 0.458 e. The molecule has 0 heterocycles. The number of allylic oxidation sites excluding steroid dienone is 1. The summed E-state index contributed by atoms with van der Waals surface area (Å²) in [6, 6.07) is 4.04. The quantitative estimate of drug-likeness (QED) is 0.293. The molecule has 1 fully saturated rings. The second kappa shape index (κ2) is 6.69. The van der Waals surface area contributed by atoms with Crippen LogP contribution in [0.15, 0.2) is 29.8 Å². The normalized spacial score (nSPS) is 27.2. The van der Waals surface area contributed by atoms with Crippen LogP contribution in [-0.2, 0) is 4.74 Å². The van der Waals surface area contributed by atoms with Crippen LogP contribution in [-0.4, -0.2) is 17.0 Å². The van der Waals surface area contributed by atoms with Crippen LogP contribution >= 0.6 is 11.6 Å². The molecule has 1 saturated carbocycles. The van der Waals surface area contributed by atoms with Crippen molar-refractivity contribution in [1.82, 2.24) is 0 Å². The molecule has 0 aromatic heterocycles. The second-order valence-electron chi connectivity index (χ2n) is 8.40. The van der Waals surface area contributed by atoms with Gasteiger partial charge < -0.3 is 4.74 Å². The number of nitrogens with zero attached hydrogens (tertiary/aromatic N) is 1. The maximum absolute atomic E-state index is 12.7.